The lowest BCUT2D eigenvalue weighted by molar-refractivity contribution is 0.487. The van der Waals surface area contributed by atoms with Crippen LogP contribution in [-0.2, 0) is 0 Å². The molecule has 6 heteroatoms. The maximum atomic E-state index is 10.1. The lowest BCUT2D eigenvalue weighted by atomic mass is 9.47. The molecule has 0 aromatic heterocycles. The Kier molecular flexibility index (Phi) is 4.15. The number of para-hydroxylation sites is 4. The highest BCUT2D eigenvalue weighted by molar-refractivity contribution is 6.91. The van der Waals surface area contributed by atoms with Crippen LogP contribution in [0.5, 0.6) is 11.5 Å². The first-order valence-corrected chi connectivity index (χ1v) is 10.7. The third kappa shape index (κ3) is 2.65. The molecule has 6 rings (SSSR count). The molecule has 0 bridgehead atoms. The highest BCUT2D eigenvalue weighted by atomic mass is 16.5. The van der Waals surface area contributed by atoms with Crippen molar-refractivity contribution in [2.45, 2.75) is 0 Å². The van der Waals surface area contributed by atoms with Gasteiger partial charge in [-0.1, -0.05) is 48.5 Å². The number of nitriles is 2. The van der Waals surface area contributed by atoms with Crippen molar-refractivity contribution >= 4 is 40.5 Å². The second-order valence-corrected chi connectivity index (χ2v) is 8.08. The zero-order chi connectivity index (χ0) is 22.5. The summed E-state index contributed by atoms with van der Waals surface area (Å²) in [5, 5.41) is 20.2. The summed E-state index contributed by atoms with van der Waals surface area (Å²) in [7, 11) is 1.98. The van der Waals surface area contributed by atoms with Crippen molar-refractivity contribution < 1.29 is 4.74 Å². The second-order valence-electron chi connectivity index (χ2n) is 8.08. The Morgan fingerprint density at radius 2 is 1.15 bits per heavy atom. The van der Waals surface area contributed by atoms with E-state index in [9.17, 15) is 10.5 Å². The number of hydrogen-bond acceptors (Lipinski definition) is 5. The molecule has 0 saturated heterocycles. The van der Waals surface area contributed by atoms with Gasteiger partial charge in [0.05, 0.1) is 33.9 Å². The van der Waals surface area contributed by atoms with Gasteiger partial charge in [-0.15, -0.1) is 0 Å². The van der Waals surface area contributed by atoms with E-state index in [1.165, 1.54) is 0 Å². The van der Waals surface area contributed by atoms with Crippen LogP contribution >= 0.6 is 0 Å². The van der Waals surface area contributed by atoms with Crippen LogP contribution in [0.3, 0.4) is 0 Å². The number of fused-ring (bicyclic) bond motifs is 4. The molecule has 2 aliphatic rings. The van der Waals surface area contributed by atoms with E-state index < -0.39 is 0 Å². The quantitative estimate of drug-likeness (QED) is 0.419. The first-order valence-electron chi connectivity index (χ1n) is 10.7. The van der Waals surface area contributed by atoms with Crippen LogP contribution in [0.4, 0.5) is 22.7 Å². The zero-order valence-electron chi connectivity index (χ0n) is 17.9. The molecule has 2 aliphatic heterocycles. The van der Waals surface area contributed by atoms with Crippen LogP contribution in [-0.4, -0.2) is 13.9 Å². The van der Waals surface area contributed by atoms with Gasteiger partial charge in [-0.05, 0) is 47.3 Å². The Morgan fingerprint density at radius 1 is 0.667 bits per heavy atom. The maximum absolute atomic E-state index is 10.1. The van der Waals surface area contributed by atoms with Gasteiger partial charge in [0.25, 0.3) is 0 Å². The number of ether oxygens (including phenoxy) is 1. The summed E-state index contributed by atoms with van der Waals surface area (Å²) in [4.78, 5) is 4.21. The number of rotatable bonds is 1. The topological polar surface area (TPSA) is 63.3 Å². The molecule has 0 radical (unpaired) electrons. The number of nitrogens with zero attached hydrogens (tertiary/aromatic N) is 4. The second kappa shape index (κ2) is 7.19. The SMILES string of the molecule is CN1c2cccc(C#N)c2N(B2c3ccccc3Oc3ccccc32)c2c(C#N)cccc21. The van der Waals surface area contributed by atoms with E-state index in [4.69, 9.17) is 4.74 Å². The Bertz CT molecular complexity index is 1410. The number of hydrogen-bond donors (Lipinski definition) is 0. The summed E-state index contributed by atoms with van der Waals surface area (Å²) in [6.45, 7) is -0.277. The average Bonchev–Trinajstić information content (AvgIpc) is 2.87. The standard InChI is InChI=1S/C27H17BN4O/c1-31-22-12-6-8-18(16-29)26(22)32(27-19(17-30)9-7-13-23(27)31)28-20-10-2-4-14-24(20)33-25-15-5-3-11-21(25)28/h2-15H,1H3. The Labute approximate surface area is 192 Å². The maximum Gasteiger partial charge on any atom is 0.335 e. The predicted molar refractivity (Wildman–Crippen MR) is 130 cm³/mol. The smallest absolute Gasteiger partial charge is 0.335 e. The molecule has 0 unspecified atom stereocenters. The molecule has 0 N–H and O–H groups in total. The summed E-state index contributed by atoms with van der Waals surface area (Å²) in [6.07, 6.45) is 0. The molecule has 0 atom stereocenters. The van der Waals surface area contributed by atoms with Gasteiger partial charge in [0.1, 0.15) is 23.6 Å². The van der Waals surface area contributed by atoms with Crippen molar-refractivity contribution in [2.24, 2.45) is 0 Å². The molecule has 2 heterocycles. The largest absolute Gasteiger partial charge is 0.458 e. The molecule has 154 valence electrons. The fourth-order valence-electron chi connectivity index (χ4n) is 4.95. The molecule has 5 nitrogen and oxygen atoms in total. The number of benzene rings is 4. The summed E-state index contributed by atoms with van der Waals surface area (Å²) >= 11 is 0. The normalized spacial score (nSPS) is 13.0. The van der Waals surface area contributed by atoms with Crippen molar-refractivity contribution in [3.63, 3.8) is 0 Å². The first kappa shape index (κ1) is 19.0. The Hall–Kier alpha value is -4.68. The van der Waals surface area contributed by atoms with Crippen molar-refractivity contribution in [1.29, 1.82) is 10.5 Å². The molecule has 0 saturated carbocycles. The third-order valence-corrected chi connectivity index (χ3v) is 6.38. The lowest BCUT2D eigenvalue weighted by Crippen LogP contribution is -2.58. The van der Waals surface area contributed by atoms with E-state index in [1.807, 2.05) is 79.8 Å². The monoisotopic (exact) mass is 424 g/mol. The van der Waals surface area contributed by atoms with Gasteiger partial charge in [0, 0.05) is 7.05 Å². The van der Waals surface area contributed by atoms with Crippen LogP contribution in [0.25, 0.3) is 0 Å². The van der Waals surface area contributed by atoms with Crippen LogP contribution in [0.1, 0.15) is 11.1 Å². The van der Waals surface area contributed by atoms with Crippen LogP contribution in [0.2, 0.25) is 0 Å². The van der Waals surface area contributed by atoms with Crippen molar-refractivity contribution in [2.75, 3.05) is 16.8 Å². The van der Waals surface area contributed by atoms with Crippen molar-refractivity contribution in [3.05, 3.63) is 96.1 Å². The minimum atomic E-state index is -0.277. The van der Waals surface area contributed by atoms with E-state index >= 15 is 0 Å². The van der Waals surface area contributed by atoms with E-state index in [-0.39, 0.29) is 6.85 Å². The minimum absolute atomic E-state index is 0.277. The van der Waals surface area contributed by atoms with E-state index in [0.717, 1.165) is 45.2 Å². The minimum Gasteiger partial charge on any atom is -0.458 e. The van der Waals surface area contributed by atoms with Gasteiger partial charge in [-0.25, -0.2) is 0 Å². The van der Waals surface area contributed by atoms with Crippen LogP contribution in [0, 0.1) is 22.7 Å². The molecule has 0 fully saturated rings. The predicted octanol–water partition coefficient (Wildman–Crippen LogP) is 4.56. The Morgan fingerprint density at radius 3 is 1.64 bits per heavy atom. The van der Waals surface area contributed by atoms with Gasteiger partial charge in [0.2, 0.25) is 0 Å². The average molecular weight is 424 g/mol. The Balaban J connectivity index is 1.75. The first-order chi connectivity index (χ1) is 16.2. The highest BCUT2D eigenvalue weighted by Crippen LogP contribution is 2.50. The number of anilines is 4. The molecule has 4 aromatic rings. The van der Waals surface area contributed by atoms with Gasteiger partial charge >= 0.3 is 6.85 Å². The molecular formula is C27H17BN4O. The third-order valence-electron chi connectivity index (χ3n) is 6.38. The van der Waals surface area contributed by atoms with Crippen LogP contribution in [0.15, 0.2) is 84.9 Å². The van der Waals surface area contributed by atoms with E-state index in [0.29, 0.717) is 11.1 Å². The molecule has 0 spiro atoms. The van der Waals surface area contributed by atoms with Gasteiger partial charge in [0.15, 0.2) is 0 Å². The van der Waals surface area contributed by atoms with E-state index in [2.05, 4.69) is 34.0 Å². The van der Waals surface area contributed by atoms with Crippen molar-refractivity contribution in [3.8, 4) is 23.6 Å². The van der Waals surface area contributed by atoms with Crippen molar-refractivity contribution in [1.82, 2.24) is 0 Å². The van der Waals surface area contributed by atoms with Crippen LogP contribution < -0.4 is 25.4 Å². The molecular weight excluding hydrogens is 407 g/mol. The molecule has 0 amide bonds. The summed E-state index contributed by atoms with van der Waals surface area (Å²) in [6, 6.07) is 32.2. The molecule has 0 aliphatic carbocycles. The zero-order valence-corrected chi connectivity index (χ0v) is 17.9. The lowest BCUT2D eigenvalue weighted by Gasteiger charge is -2.44. The molecule has 4 aromatic carbocycles. The fraction of sp³-hybridized carbons (Fsp3) is 0.0370. The highest BCUT2D eigenvalue weighted by Gasteiger charge is 2.43. The summed E-state index contributed by atoms with van der Waals surface area (Å²) < 4.78 is 6.24. The summed E-state index contributed by atoms with van der Waals surface area (Å²) in [5.74, 6) is 1.54. The van der Waals surface area contributed by atoms with Gasteiger partial charge in [-0.2, -0.15) is 10.5 Å². The van der Waals surface area contributed by atoms with E-state index in [1.54, 1.807) is 0 Å². The van der Waals surface area contributed by atoms with Gasteiger partial charge in [-0.3, -0.25) is 0 Å². The fourth-order valence-corrected chi connectivity index (χ4v) is 4.95. The van der Waals surface area contributed by atoms with Gasteiger partial charge < -0.3 is 14.4 Å². The summed E-state index contributed by atoms with van der Waals surface area (Å²) in [5.41, 5.74) is 6.48. The molecule has 33 heavy (non-hydrogen) atoms.